The number of benzene rings is 1. The van der Waals surface area contributed by atoms with Crippen LogP contribution in [0, 0.1) is 23.5 Å². The van der Waals surface area contributed by atoms with Crippen LogP contribution in [0.5, 0.6) is 0 Å². The molecule has 2 fully saturated rings. The molecule has 3 rings (SSSR count). The van der Waals surface area contributed by atoms with E-state index in [1.54, 1.807) is 6.07 Å². The van der Waals surface area contributed by atoms with Crippen molar-refractivity contribution in [3.63, 3.8) is 0 Å². The van der Waals surface area contributed by atoms with Gasteiger partial charge in [-0.2, -0.15) is 0 Å². The Balaban J connectivity index is 1.38. The summed E-state index contributed by atoms with van der Waals surface area (Å²) in [5.74, 6) is -0.280. The Hall–Kier alpha value is -1.00. The first-order valence-electron chi connectivity index (χ1n) is 11.8. The first kappa shape index (κ1) is 22.7. The van der Waals surface area contributed by atoms with E-state index in [0.717, 1.165) is 37.9 Å². The molecule has 1 aliphatic carbocycles. The zero-order valence-electron chi connectivity index (χ0n) is 18.2. The third kappa shape index (κ3) is 6.49. The van der Waals surface area contributed by atoms with Crippen molar-refractivity contribution < 1.29 is 18.3 Å². The molecule has 164 valence electrons. The average molecular weight is 409 g/mol. The summed E-state index contributed by atoms with van der Waals surface area (Å²) in [5.41, 5.74) is 0.917. The first-order valence-corrected chi connectivity index (χ1v) is 11.8. The lowest BCUT2D eigenvalue weighted by atomic mass is 9.78. The molecule has 0 amide bonds. The Morgan fingerprint density at radius 2 is 1.66 bits per heavy atom. The lowest BCUT2D eigenvalue weighted by Gasteiger charge is -2.40. The van der Waals surface area contributed by atoms with E-state index in [1.165, 1.54) is 57.1 Å². The van der Waals surface area contributed by atoms with Crippen molar-refractivity contribution in [2.45, 2.75) is 103 Å². The number of hydrogen-bond donors (Lipinski definition) is 0. The number of ether oxygens (including phenoxy) is 2. The molecule has 1 aliphatic heterocycles. The number of unbranched alkanes of at least 4 members (excludes halogenated alkanes) is 5. The molecule has 0 N–H and O–H groups in total. The van der Waals surface area contributed by atoms with Crippen molar-refractivity contribution in [3.05, 3.63) is 35.4 Å². The quantitative estimate of drug-likeness (QED) is 0.397. The summed E-state index contributed by atoms with van der Waals surface area (Å²) in [6.45, 7) is 5.26. The van der Waals surface area contributed by atoms with Gasteiger partial charge in [-0.3, -0.25) is 0 Å². The molecule has 3 atom stereocenters. The molecule has 1 heterocycles. The second-order valence-corrected chi connectivity index (χ2v) is 9.14. The summed E-state index contributed by atoms with van der Waals surface area (Å²) in [7, 11) is 0. The van der Waals surface area contributed by atoms with Gasteiger partial charge < -0.3 is 9.47 Å². The first-order chi connectivity index (χ1) is 14.1. The molecule has 0 bridgehead atoms. The van der Waals surface area contributed by atoms with Crippen LogP contribution in [-0.2, 0) is 9.47 Å². The lowest BCUT2D eigenvalue weighted by Crippen LogP contribution is -2.42. The van der Waals surface area contributed by atoms with E-state index in [1.807, 2.05) is 0 Å². The average Bonchev–Trinajstić information content (AvgIpc) is 2.73. The molecule has 3 unspecified atom stereocenters. The van der Waals surface area contributed by atoms with Crippen molar-refractivity contribution in [2.24, 2.45) is 11.8 Å². The molecule has 0 radical (unpaired) electrons. The molecule has 0 spiro atoms. The molecule has 1 saturated carbocycles. The smallest absolute Gasteiger partial charge is 0.160 e. The van der Waals surface area contributed by atoms with Crippen LogP contribution in [0.4, 0.5) is 8.78 Å². The van der Waals surface area contributed by atoms with Crippen molar-refractivity contribution in [1.29, 1.82) is 0 Å². The fraction of sp³-hybridized carbons (Fsp3) is 0.760. The fourth-order valence-corrected chi connectivity index (χ4v) is 4.96. The van der Waals surface area contributed by atoms with Crippen LogP contribution < -0.4 is 0 Å². The maximum Gasteiger partial charge on any atom is 0.160 e. The monoisotopic (exact) mass is 408 g/mol. The van der Waals surface area contributed by atoms with Gasteiger partial charge in [0.05, 0.1) is 12.7 Å². The molecule has 2 nitrogen and oxygen atoms in total. The number of hydrogen-bond acceptors (Lipinski definition) is 2. The summed E-state index contributed by atoms with van der Waals surface area (Å²) in [5, 5.41) is 0. The molecular formula is C25H38F2O2. The highest BCUT2D eigenvalue weighted by atomic mass is 19.2. The van der Waals surface area contributed by atoms with Crippen molar-refractivity contribution in [1.82, 2.24) is 0 Å². The van der Waals surface area contributed by atoms with E-state index in [4.69, 9.17) is 9.47 Å². The van der Waals surface area contributed by atoms with Gasteiger partial charge in [-0.05, 0) is 62.6 Å². The maximum atomic E-state index is 13.5. The Morgan fingerprint density at radius 3 is 2.34 bits per heavy atom. The van der Waals surface area contributed by atoms with Gasteiger partial charge in [0.25, 0.3) is 0 Å². The van der Waals surface area contributed by atoms with Crippen LogP contribution in [0.1, 0.15) is 96.0 Å². The molecule has 4 heteroatoms. The van der Waals surface area contributed by atoms with Crippen LogP contribution in [0.15, 0.2) is 18.2 Å². The van der Waals surface area contributed by atoms with Gasteiger partial charge in [-0.25, -0.2) is 8.78 Å². The van der Waals surface area contributed by atoms with Gasteiger partial charge in [0, 0.05) is 11.8 Å². The molecule has 1 saturated heterocycles. The summed E-state index contributed by atoms with van der Waals surface area (Å²) in [4.78, 5) is 0. The minimum absolute atomic E-state index is 0.100. The van der Waals surface area contributed by atoms with Gasteiger partial charge in [0.2, 0.25) is 0 Å². The van der Waals surface area contributed by atoms with Gasteiger partial charge in [-0.15, -0.1) is 0 Å². The second kappa shape index (κ2) is 11.4. The Morgan fingerprint density at radius 1 is 0.931 bits per heavy atom. The third-order valence-electron chi connectivity index (χ3n) is 6.99. The normalized spacial score (nSPS) is 30.4. The molecule has 2 aliphatic rings. The van der Waals surface area contributed by atoms with Gasteiger partial charge in [0.1, 0.15) is 0 Å². The molecular weight excluding hydrogens is 370 g/mol. The summed E-state index contributed by atoms with van der Waals surface area (Å²) in [6.07, 6.45) is 13.3. The second-order valence-electron chi connectivity index (χ2n) is 9.14. The lowest BCUT2D eigenvalue weighted by molar-refractivity contribution is -0.257. The SMILES string of the molecule is CCCCCCCCC1COC(C2CCC(c3ccc(F)c(F)c3)CC2)OC1C. The predicted octanol–water partition coefficient (Wildman–Crippen LogP) is 7.37. The van der Waals surface area contributed by atoms with Crippen LogP contribution >= 0.6 is 0 Å². The van der Waals surface area contributed by atoms with E-state index in [2.05, 4.69) is 13.8 Å². The minimum Gasteiger partial charge on any atom is -0.352 e. The Labute approximate surface area is 175 Å². The number of halogens is 2. The van der Waals surface area contributed by atoms with E-state index in [-0.39, 0.29) is 12.4 Å². The highest BCUT2D eigenvalue weighted by Crippen LogP contribution is 2.40. The summed E-state index contributed by atoms with van der Waals surface area (Å²) in [6, 6.07) is 4.34. The Kier molecular flexibility index (Phi) is 8.92. The van der Waals surface area contributed by atoms with Gasteiger partial charge in [0.15, 0.2) is 17.9 Å². The van der Waals surface area contributed by atoms with Gasteiger partial charge in [-0.1, -0.05) is 51.5 Å². The highest BCUT2D eigenvalue weighted by Gasteiger charge is 2.35. The van der Waals surface area contributed by atoms with E-state index < -0.39 is 11.6 Å². The molecule has 1 aromatic rings. The van der Waals surface area contributed by atoms with Crippen LogP contribution in [0.25, 0.3) is 0 Å². The predicted molar refractivity (Wildman–Crippen MR) is 113 cm³/mol. The van der Waals surface area contributed by atoms with E-state index in [0.29, 0.717) is 17.8 Å². The van der Waals surface area contributed by atoms with E-state index >= 15 is 0 Å². The van der Waals surface area contributed by atoms with Crippen LogP contribution in [0.2, 0.25) is 0 Å². The fourth-order valence-electron chi connectivity index (χ4n) is 4.96. The van der Waals surface area contributed by atoms with Crippen LogP contribution in [0.3, 0.4) is 0 Å². The summed E-state index contributed by atoms with van der Waals surface area (Å²) >= 11 is 0. The zero-order chi connectivity index (χ0) is 20.6. The maximum absolute atomic E-state index is 13.5. The highest BCUT2D eigenvalue weighted by molar-refractivity contribution is 5.22. The van der Waals surface area contributed by atoms with Crippen LogP contribution in [-0.4, -0.2) is 19.0 Å². The van der Waals surface area contributed by atoms with Gasteiger partial charge >= 0.3 is 0 Å². The standard InChI is InChI=1S/C25H38F2O2/c1-3-4-5-6-7-8-9-22-17-28-25(29-18(22)2)20-12-10-19(11-13-20)21-14-15-23(26)24(27)16-21/h14-16,18-20,22,25H,3-13,17H2,1-2H3. The van der Waals surface area contributed by atoms with Crippen molar-refractivity contribution >= 4 is 0 Å². The third-order valence-corrected chi connectivity index (χ3v) is 6.99. The largest absolute Gasteiger partial charge is 0.352 e. The number of rotatable bonds is 9. The molecule has 1 aromatic carbocycles. The molecule has 0 aromatic heterocycles. The molecule has 29 heavy (non-hydrogen) atoms. The van der Waals surface area contributed by atoms with Crippen molar-refractivity contribution in [2.75, 3.05) is 6.61 Å². The topological polar surface area (TPSA) is 18.5 Å². The zero-order valence-corrected chi connectivity index (χ0v) is 18.2. The minimum atomic E-state index is -0.768. The Bertz CT molecular complexity index is 613. The van der Waals surface area contributed by atoms with E-state index in [9.17, 15) is 8.78 Å². The summed E-state index contributed by atoms with van der Waals surface area (Å²) < 4.78 is 39.1. The van der Waals surface area contributed by atoms with Crippen molar-refractivity contribution in [3.8, 4) is 0 Å².